The molecule has 1 fully saturated rings. The summed E-state index contributed by atoms with van der Waals surface area (Å²) in [5, 5.41) is 9.71. The van der Waals surface area contributed by atoms with Crippen LogP contribution in [0.5, 0.6) is 0 Å². The highest BCUT2D eigenvalue weighted by Crippen LogP contribution is 2.23. The van der Waals surface area contributed by atoms with Crippen molar-refractivity contribution in [3.05, 3.63) is 35.1 Å². The number of likely N-dealkylation sites (tertiary alicyclic amines) is 1. The molecule has 1 N–H and O–H groups in total. The van der Waals surface area contributed by atoms with Gasteiger partial charge in [-0.1, -0.05) is 0 Å². The molecule has 1 aliphatic rings. The number of halogens is 1. The van der Waals surface area contributed by atoms with Crippen LogP contribution in [0.15, 0.2) is 18.2 Å². The molecule has 0 aliphatic carbocycles. The third-order valence-electron chi connectivity index (χ3n) is 4.02. The number of aliphatic hydroxyl groups is 1. The monoisotopic (exact) mass is 311 g/mol. The fraction of sp³-hybridized carbons (Fsp3) is 0.562. The Morgan fingerprint density at radius 3 is 3.00 bits per heavy atom. The van der Waals surface area contributed by atoms with E-state index < -0.39 is 6.10 Å². The van der Waals surface area contributed by atoms with Crippen molar-refractivity contribution in [3.63, 3.8) is 0 Å². The van der Waals surface area contributed by atoms with Crippen molar-refractivity contribution in [2.75, 3.05) is 19.3 Å². The zero-order chi connectivity index (χ0) is 15.4. The second kappa shape index (κ2) is 7.27. The highest BCUT2D eigenvalue weighted by molar-refractivity contribution is 7.97. The predicted octanol–water partition coefficient (Wildman–Crippen LogP) is 2.92. The number of piperidine rings is 1. The first-order valence-electron chi connectivity index (χ1n) is 7.27. The van der Waals surface area contributed by atoms with E-state index in [1.165, 1.54) is 17.8 Å². The Bertz CT molecular complexity index is 507. The van der Waals surface area contributed by atoms with Crippen LogP contribution in [0.25, 0.3) is 0 Å². The number of amides is 1. The molecule has 1 aliphatic heterocycles. The molecule has 0 aromatic heterocycles. The molecule has 5 heteroatoms. The second-order valence-electron chi connectivity index (χ2n) is 5.63. The van der Waals surface area contributed by atoms with Gasteiger partial charge >= 0.3 is 0 Å². The third-order valence-corrected chi connectivity index (χ3v) is 4.62. The smallest absolute Gasteiger partial charge is 0.253 e. The van der Waals surface area contributed by atoms with Gasteiger partial charge in [-0.2, -0.15) is 11.8 Å². The molecule has 1 aromatic rings. The van der Waals surface area contributed by atoms with E-state index in [0.29, 0.717) is 30.0 Å². The van der Waals surface area contributed by atoms with Gasteiger partial charge in [-0.3, -0.25) is 4.79 Å². The molecule has 0 radical (unpaired) electrons. The standard InChI is InChI=1S/C16H22FNO2S/c1-11(19)13-4-3-7-18(9-13)16(20)12-5-6-15(17)14(8-12)10-21-2/h5-6,8,11,13,19H,3-4,7,9-10H2,1-2H3. The average Bonchev–Trinajstić information content (AvgIpc) is 2.49. The maximum absolute atomic E-state index is 13.7. The van der Waals surface area contributed by atoms with E-state index in [-0.39, 0.29) is 17.6 Å². The summed E-state index contributed by atoms with van der Waals surface area (Å²) < 4.78 is 13.7. The van der Waals surface area contributed by atoms with Crippen molar-refractivity contribution < 1.29 is 14.3 Å². The van der Waals surface area contributed by atoms with Gasteiger partial charge < -0.3 is 10.0 Å². The van der Waals surface area contributed by atoms with Crippen LogP contribution >= 0.6 is 11.8 Å². The Labute approximate surface area is 129 Å². The SMILES string of the molecule is CSCc1cc(C(=O)N2CCCC(C(C)O)C2)ccc1F. The zero-order valence-electron chi connectivity index (χ0n) is 12.5. The molecule has 1 saturated heterocycles. The summed E-state index contributed by atoms with van der Waals surface area (Å²) in [6.07, 6.45) is 3.36. The number of benzene rings is 1. The van der Waals surface area contributed by atoms with E-state index in [1.807, 2.05) is 6.26 Å². The number of hydrogen-bond donors (Lipinski definition) is 1. The number of aliphatic hydroxyl groups excluding tert-OH is 1. The van der Waals surface area contributed by atoms with Gasteiger partial charge in [-0.15, -0.1) is 0 Å². The minimum Gasteiger partial charge on any atom is -0.393 e. The molecule has 2 unspecified atom stereocenters. The summed E-state index contributed by atoms with van der Waals surface area (Å²) >= 11 is 1.53. The molecular formula is C16H22FNO2S. The lowest BCUT2D eigenvalue weighted by Gasteiger charge is -2.34. The number of carbonyl (C=O) groups excluding carboxylic acids is 1. The Hall–Kier alpha value is -1.07. The average molecular weight is 311 g/mol. The molecule has 0 bridgehead atoms. The lowest BCUT2D eigenvalue weighted by molar-refractivity contribution is 0.0466. The topological polar surface area (TPSA) is 40.5 Å². The van der Waals surface area contributed by atoms with Crippen LogP contribution < -0.4 is 0 Å². The fourth-order valence-corrected chi connectivity index (χ4v) is 3.28. The van der Waals surface area contributed by atoms with Gasteiger partial charge in [0.2, 0.25) is 0 Å². The van der Waals surface area contributed by atoms with E-state index in [2.05, 4.69) is 0 Å². The van der Waals surface area contributed by atoms with Crippen molar-refractivity contribution in [2.45, 2.75) is 31.6 Å². The molecule has 116 valence electrons. The van der Waals surface area contributed by atoms with Crippen LogP contribution in [-0.2, 0) is 5.75 Å². The van der Waals surface area contributed by atoms with Gasteiger partial charge in [0, 0.05) is 30.3 Å². The van der Waals surface area contributed by atoms with Gasteiger partial charge in [0.05, 0.1) is 6.10 Å². The minimum atomic E-state index is -0.402. The summed E-state index contributed by atoms with van der Waals surface area (Å²) in [6, 6.07) is 4.57. The first-order chi connectivity index (χ1) is 10.0. The summed E-state index contributed by atoms with van der Waals surface area (Å²) in [5.74, 6) is 0.362. The Balaban J connectivity index is 2.14. The Kier molecular flexibility index (Phi) is 5.65. The van der Waals surface area contributed by atoms with Gasteiger partial charge in [0.1, 0.15) is 5.82 Å². The summed E-state index contributed by atoms with van der Waals surface area (Å²) in [7, 11) is 0. The van der Waals surface area contributed by atoms with Crippen LogP contribution in [0.4, 0.5) is 4.39 Å². The lowest BCUT2D eigenvalue weighted by atomic mass is 9.93. The van der Waals surface area contributed by atoms with E-state index in [0.717, 1.165) is 12.8 Å². The maximum Gasteiger partial charge on any atom is 0.253 e. The minimum absolute atomic E-state index is 0.0669. The second-order valence-corrected chi connectivity index (χ2v) is 6.50. The van der Waals surface area contributed by atoms with E-state index in [1.54, 1.807) is 24.0 Å². The molecule has 21 heavy (non-hydrogen) atoms. The molecule has 1 heterocycles. The van der Waals surface area contributed by atoms with Crippen LogP contribution in [0.2, 0.25) is 0 Å². The molecule has 0 spiro atoms. The molecule has 3 nitrogen and oxygen atoms in total. The van der Waals surface area contributed by atoms with Crippen LogP contribution in [0.1, 0.15) is 35.7 Å². The summed E-state index contributed by atoms with van der Waals surface area (Å²) in [6.45, 7) is 3.05. The van der Waals surface area contributed by atoms with E-state index in [9.17, 15) is 14.3 Å². The quantitative estimate of drug-likeness (QED) is 0.929. The maximum atomic E-state index is 13.7. The number of nitrogens with zero attached hydrogens (tertiary/aromatic N) is 1. The summed E-state index contributed by atoms with van der Waals surface area (Å²) in [5.41, 5.74) is 1.10. The normalized spacial score (nSPS) is 20.4. The van der Waals surface area contributed by atoms with Crippen molar-refractivity contribution in [1.82, 2.24) is 4.90 Å². The van der Waals surface area contributed by atoms with Crippen molar-refractivity contribution >= 4 is 17.7 Å². The largest absolute Gasteiger partial charge is 0.393 e. The molecular weight excluding hydrogens is 289 g/mol. The number of hydrogen-bond acceptors (Lipinski definition) is 3. The molecule has 1 amide bonds. The first-order valence-corrected chi connectivity index (χ1v) is 8.67. The van der Waals surface area contributed by atoms with E-state index in [4.69, 9.17) is 0 Å². The lowest BCUT2D eigenvalue weighted by Crippen LogP contribution is -2.43. The predicted molar refractivity (Wildman–Crippen MR) is 83.9 cm³/mol. The molecule has 2 atom stereocenters. The van der Waals surface area contributed by atoms with Crippen molar-refractivity contribution in [3.8, 4) is 0 Å². The third kappa shape index (κ3) is 3.98. The Morgan fingerprint density at radius 1 is 1.57 bits per heavy atom. The van der Waals surface area contributed by atoms with Crippen molar-refractivity contribution in [2.24, 2.45) is 5.92 Å². The molecule has 2 rings (SSSR count). The highest BCUT2D eigenvalue weighted by atomic mass is 32.2. The Morgan fingerprint density at radius 2 is 2.33 bits per heavy atom. The van der Waals surface area contributed by atoms with Gasteiger partial charge in [-0.05, 0) is 49.8 Å². The van der Waals surface area contributed by atoms with Crippen LogP contribution in [0.3, 0.4) is 0 Å². The zero-order valence-corrected chi connectivity index (χ0v) is 13.3. The molecule has 1 aromatic carbocycles. The summed E-state index contributed by atoms with van der Waals surface area (Å²) in [4.78, 5) is 14.3. The number of thioether (sulfide) groups is 1. The van der Waals surface area contributed by atoms with Gasteiger partial charge in [-0.25, -0.2) is 4.39 Å². The number of carbonyl (C=O) groups is 1. The highest BCUT2D eigenvalue weighted by Gasteiger charge is 2.27. The first kappa shape index (κ1) is 16.3. The molecule has 0 saturated carbocycles. The van der Waals surface area contributed by atoms with Gasteiger partial charge in [0.15, 0.2) is 0 Å². The van der Waals surface area contributed by atoms with Crippen LogP contribution in [-0.4, -0.2) is 41.4 Å². The van der Waals surface area contributed by atoms with Crippen LogP contribution in [0, 0.1) is 11.7 Å². The fourth-order valence-electron chi connectivity index (χ4n) is 2.74. The number of rotatable bonds is 4. The van der Waals surface area contributed by atoms with E-state index >= 15 is 0 Å². The van der Waals surface area contributed by atoms with Gasteiger partial charge in [0.25, 0.3) is 5.91 Å². The van der Waals surface area contributed by atoms with Crippen molar-refractivity contribution in [1.29, 1.82) is 0 Å².